The maximum absolute atomic E-state index is 12.1. The van der Waals surface area contributed by atoms with E-state index in [9.17, 15) is 4.79 Å². The molecule has 0 radical (unpaired) electrons. The number of hydrogen-bond donors (Lipinski definition) is 0. The lowest BCUT2D eigenvalue weighted by Crippen LogP contribution is -2.32. The average molecular weight is 316 g/mol. The van der Waals surface area contributed by atoms with Gasteiger partial charge in [0.05, 0.1) is 15.2 Å². The van der Waals surface area contributed by atoms with Crippen molar-refractivity contribution < 1.29 is 4.79 Å². The van der Waals surface area contributed by atoms with Gasteiger partial charge in [0.1, 0.15) is 0 Å². The van der Waals surface area contributed by atoms with E-state index >= 15 is 0 Å². The fourth-order valence-corrected chi connectivity index (χ4v) is 3.53. The zero-order valence-electron chi connectivity index (χ0n) is 9.95. The molecule has 1 aromatic heterocycles. The molecular formula is C13H18BrNOS. The van der Waals surface area contributed by atoms with Gasteiger partial charge in [-0.1, -0.05) is 19.3 Å². The summed E-state index contributed by atoms with van der Waals surface area (Å²) in [5.41, 5.74) is 0. The largest absolute Gasteiger partial charge is 0.296 e. The first kappa shape index (κ1) is 13.2. The molecular weight excluding hydrogens is 298 g/mol. The van der Waals surface area contributed by atoms with Crippen LogP contribution < -0.4 is 0 Å². The molecule has 2 rings (SSSR count). The molecule has 1 aromatic rings. The van der Waals surface area contributed by atoms with Gasteiger partial charge in [-0.15, -0.1) is 11.3 Å². The van der Waals surface area contributed by atoms with Gasteiger partial charge in [-0.2, -0.15) is 0 Å². The van der Waals surface area contributed by atoms with Gasteiger partial charge in [-0.3, -0.25) is 9.69 Å². The molecule has 0 unspecified atom stereocenters. The summed E-state index contributed by atoms with van der Waals surface area (Å²) in [6.07, 6.45) is 6.47. The Balaban J connectivity index is 1.88. The highest BCUT2D eigenvalue weighted by Crippen LogP contribution is 2.22. The summed E-state index contributed by atoms with van der Waals surface area (Å²) in [5.74, 6) is 0.265. The highest BCUT2D eigenvalue weighted by atomic mass is 79.9. The van der Waals surface area contributed by atoms with Gasteiger partial charge in [-0.05, 0) is 54.0 Å². The quantitative estimate of drug-likeness (QED) is 0.787. The van der Waals surface area contributed by atoms with Crippen LogP contribution in [0.25, 0.3) is 0 Å². The first-order valence-electron chi connectivity index (χ1n) is 6.26. The second-order valence-corrected chi connectivity index (χ2v) is 7.03. The van der Waals surface area contributed by atoms with Gasteiger partial charge < -0.3 is 0 Å². The minimum absolute atomic E-state index is 0.265. The molecule has 0 atom stereocenters. The van der Waals surface area contributed by atoms with E-state index < -0.39 is 0 Å². The van der Waals surface area contributed by atoms with Crippen LogP contribution in [0.4, 0.5) is 0 Å². The number of likely N-dealkylation sites (tertiary alicyclic amines) is 1. The van der Waals surface area contributed by atoms with E-state index in [-0.39, 0.29) is 5.78 Å². The number of ketones is 1. The van der Waals surface area contributed by atoms with Crippen LogP contribution in [0.1, 0.15) is 41.8 Å². The van der Waals surface area contributed by atoms with Crippen molar-refractivity contribution in [1.82, 2.24) is 4.90 Å². The highest BCUT2D eigenvalue weighted by Gasteiger charge is 2.14. The SMILES string of the molecule is O=C(CN1CCCCCCC1)c1ccc(Br)s1. The molecule has 1 fully saturated rings. The summed E-state index contributed by atoms with van der Waals surface area (Å²) in [4.78, 5) is 15.3. The fourth-order valence-electron chi connectivity index (χ4n) is 2.22. The lowest BCUT2D eigenvalue weighted by atomic mass is 10.1. The van der Waals surface area contributed by atoms with Crippen molar-refractivity contribution in [2.75, 3.05) is 19.6 Å². The predicted octanol–water partition coefficient (Wildman–Crippen LogP) is 3.96. The van der Waals surface area contributed by atoms with Crippen LogP contribution in [0.3, 0.4) is 0 Å². The van der Waals surface area contributed by atoms with E-state index in [2.05, 4.69) is 20.8 Å². The average Bonchev–Trinajstić information content (AvgIpc) is 2.68. The molecule has 4 heteroatoms. The Kier molecular flexibility index (Phi) is 5.19. The third-order valence-electron chi connectivity index (χ3n) is 3.16. The molecule has 0 saturated carbocycles. The maximum atomic E-state index is 12.1. The van der Waals surface area contributed by atoms with Crippen LogP contribution in [-0.2, 0) is 0 Å². The van der Waals surface area contributed by atoms with Gasteiger partial charge in [0.15, 0.2) is 5.78 Å². The van der Waals surface area contributed by atoms with Gasteiger partial charge >= 0.3 is 0 Å². The van der Waals surface area contributed by atoms with Crippen molar-refractivity contribution in [3.8, 4) is 0 Å². The number of Topliss-reactive ketones (excluding diaryl/α,β-unsaturated/α-hetero) is 1. The van der Waals surface area contributed by atoms with E-state index in [1.165, 1.54) is 43.4 Å². The number of halogens is 1. The molecule has 0 aliphatic carbocycles. The zero-order valence-corrected chi connectivity index (χ0v) is 12.4. The van der Waals surface area contributed by atoms with Crippen LogP contribution >= 0.6 is 27.3 Å². The predicted molar refractivity (Wildman–Crippen MR) is 75.9 cm³/mol. The number of carbonyl (C=O) groups excluding carboxylic acids is 1. The molecule has 2 nitrogen and oxygen atoms in total. The first-order valence-corrected chi connectivity index (χ1v) is 7.87. The number of thiophene rings is 1. The summed E-state index contributed by atoms with van der Waals surface area (Å²) >= 11 is 4.94. The zero-order chi connectivity index (χ0) is 12.1. The summed E-state index contributed by atoms with van der Waals surface area (Å²) in [6.45, 7) is 2.75. The topological polar surface area (TPSA) is 20.3 Å². The standard InChI is InChI=1S/C13H18BrNOS/c14-13-7-6-12(17-13)11(16)10-15-8-4-2-1-3-5-9-15/h6-7H,1-5,8-10H2. The molecule has 0 amide bonds. The monoisotopic (exact) mass is 315 g/mol. The summed E-state index contributed by atoms with van der Waals surface area (Å²) < 4.78 is 1.04. The van der Waals surface area contributed by atoms with Crippen LogP contribution in [-0.4, -0.2) is 30.3 Å². The normalized spacial score (nSPS) is 18.6. The maximum Gasteiger partial charge on any atom is 0.186 e. The van der Waals surface area contributed by atoms with Crippen molar-refractivity contribution in [1.29, 1.82) is 0 Å². The minimum atomic E-state index is 0.265. The lowest BCUT2D eigenvalue weighted by Gasteiger charge is -2.23. The van der Waals surface area contributed by atoms with Gasteiger partial charge in [-0.25, -0.2) is 0 Å². The van der Waals surface area contributed by atoms with E-state index in [0.717, 1.165) is 21.8 Å². The Hall–Kier alpha value is -0.190. The van der Waals surface area contributed by atoms with E-state index in [4.69, 9.17) is 0 Å². The van der Waals surface area contributed by atoms with Gasteiger partial charge in [0.2, 0.25) is 0 Å². The summed E-state index contributed by atoms with van der Waals surface area (Å²) in [6, 6.07) is 3.87. The second kappa shape index (κ2) is 6.66. The Morgan fingerprint density at radius 1 is 1.18 bits per heavy atom. The molecule has 0 spiro atoms. The number of carbonyl (C=O) groups is 1. The van der Waals surface area contributed by atoms with Crippen LogP contribution in [0, 0.1) is 0 Å². The van der Waals surface area contributed by atoms with Crippen molar-refractivity contribution in [3.63, 3.8) is 0 Å². The Labute approximate surface area is 115 Å². The molecule has 17 heavy (non-hydrogen) atoms. The van der Waals surface area contributed by atoms with Crippen LogP contribution in [0.2, 0.25) is 0 Å². The Morgan fingerprint density at radius 2 is 1.82 bits per heavy atom. The molecule has 0 bridgehead atoms. The number of nitrogens with zero attached hydrogens (tertiary/aromatic N) is 1. The number of hydrogen-bond acceptors (Lipinski definition) is 3. The van der Waals surface area contributed by atoms with Gasteiger partial charge in [0.25, 0.3) is 0 Å². The number of rotatable bonds is 3. The molecule has 2 heterocycles. The fraction of sp³-hybridized carbons (Fsp3) is 0.615. The van der Waals surface area contributed by atoms with Crippen LogP contribution in [0.5, 0.6) is 0 Å². The summed E-state index contributed by atoms with van der Waals surface area (Å²) in [7, 11) is 0. The second-order valence-electron chi connectivity index (χ2n) is 4.57. The molecule has 1 saturated heterocycles. The first-order chi connectivity index (χ1) is 8.25. The molecule has 1 aliphatic rings. The third kappa shape index (κ3) is 4.19. The van der Waals surface area contributed by atoms with Crippen molar-refractivity contribution >= 4 is 33.0 Å². The highest BCUT2D eigenvalue weighted by molar-refractivity contribution is 9.11. The van der Waals surface area contributed by atoms with Crippen molar-refractivity contribution in [3.05, 3.63) is 20.8 Å². The minimum Gasteiger partial charge on any atom is -0.296 e. The van der Waals surface area contributed by atoms with Gasteiger partial charge in [0, 0.05) is 0 Å². The molecule has 1 aliphatic heterocycles. The smallest absolute Gasteiger partial charge is 0.186 e. The third-order valence-corrected chi connectivity index (χ3v) is 4.83. The van der Waals surface area contributed by atoms with E-state index in [1.54, 1.807) is 0 Å². The van der Waals surface area contributed by atoms with E-state index in [0.29, 0.717) is 6.54 Å². The van der Waals surface area contributed by atoms with Crippen LogP contribution in [0.15, 0.2) is 15.9 Å². The van der Waals surface area contributed by atoms with Crippen molar-refractivity contribution in [2.24, 2.45) is 0 Å². The molecule has 94 valence electrons. The Bertz CT molecular complexity index is 369. The molecule has 0 aromatic carbocycles. The molecule has 0 N–H and O–H groups in total. The summed E-state index contributed by atoms with van der Waals surface area (Å²) in [5, 5.41) is 0. The Morgan fingerprint density at radius 3 is 2.41 bits per heavy atom. The van der Waals surface area contributed by atoms with E-state index in [1.807, 2.05) is 12.1 Å². The van der Waals surface area contributed by atoms with Crippen molar-refractivity contribution in [2.45, 2.75) is 32.1 Å². The lowest BCUT2D eigenvalue weighted by molar-refractivity contribution is 0.0928.